The lowest BCUT2D eigenvalue weighted by Gasteiger charge is -2.25. The van der Waals surface area contributed by atoms with Crippen LogP contribution in [0.4, 0.5) is 0 Å². The third-order valence-electron chi connectivity index (χ3n) is 6.04. The molecule has 0 saturated carbocycles. The standard InChI is InChI=1S/C26H28O8/c1-12(2)6-7-14-20(16-11-33-18-9-13(27)8-17(28)21(18)22(16)29)24-15(23(30)25(14)32-5)10-19(34-24)26(3,4)31/h6,8-9,11,19,27-28,30-31H,7,10H2,1-5H3/t19-/m1/s1. The molecule has 1 atom stereocenters. The molecule has 180 valence electrons. The fraction of sp³-hybridized carbons (Fsp3) is 0.346. The molecule has 4 rings (SSSR count). The molecule has 1 aliphatic rings. The van der Waals surface area contributed by atoms with E-state index in [0.717, 1.165) is 11.6 Å². The fourth-order valence-corrected chi connectivity index (χ4v) is 4.27. The van der Waals surface area contributed by atoms with Crippen LogP contribution in [-0.4, -0.2) is 39.2 Å². The van der Waals surface area contributed by atoms with Gasteiger partial charge in [0.1, 0.15) is 40.6 Å². The van der Waals surface area contributed by atoms with Crippen molar-refractivity contribution in [3.8, 4) is 39.9 Å². The number of allylic oxidation sites excluding steroid dienone is 2. The van der Waals surface area contributed by atoms with E-state index in [1.165, 1.54) is 19.4 Å². The van der Waals surface area contributed by atoms with Crippen molar-refractivity contribution >= 4 is 11.0 Å². The second kappa shape index (κ2) is 8.29. The predicted molar refractivity (Wildman–Crippen MR) is 127 cm³/mol. The zero-order chi connectivity index (χ0) is 24.9. The molecule has 1 aromatic heterocycles. The van der Waals surface area contributed by atoms with Gasteiger partial charge >= 0.3 is 0 Å². The number of fused-ring (bicyclic) bond motifs is 2. The van der Waals surface area contributed by atoms with Crippen LogP contribution in [0.2, 0.25) is 0 Å². The number of aromatic hydroxyl groups is 3. The van der Waals surface area contributed by atoms with E-state index in [4.69, 9.17) is 13.9 Å². The summed E-state index contributed by atoms with van der Waals surface area (Å²) in [7, 11) is 1.43. The van der Waals surface area contributed by atoms with Crippen LogP contribution >= 0.6 is 0 Å². The van der Waals surface area contributed by atoms with Crippen LogP contribution in [0.5, 0.6) is 28.7 Å². The van der Waals surface area contributed by atoms with Gasteiger partial charge in [-0.2, -0.15) is 0 Å². The molecule has 2 aromatic carbocycles. The molecule has 0 bridgehead atoms. The SMILES string of the molecule is COc1c(O)c2c(c(-c3coc4cc(O)cc(O)c4c3=O)c1CC=C(C)C)O[C@@H](C(C)(C)O)C2. The van der Waals surface area contributed by atoms with Crippen LogP contribution in [0.25, 0.3) is 22.1 Å². The van der Waals surface area contributed by atoms with E-state index >= 15 is 0 Å². The van der Waals surface area contributed by atoms with Crippen molar-refractivity contribution in [1.82, 2.24) is 0 Å². The Labute approximate surface area is 196 Å². The van der Waals surface area contributed by atoms with Gasteiger partial charge in [0.05, 0.1) is 18.3 Å². The van der Waals surface area contributed by atoms with Crippen molar-refractivity contribution in [2.75, 3.05) is 7.11 Å². The van der Waals surface area contributed by atoms with Crippen molar-refractivity contribution in [3.05, 3.63) is 51.4 Å². The molecule has 34 heavy (non-hydrogen) atoms. The summed E-state index contributed by atoms with van der Waals surface area (Å²) in [6.45, 7) is 7.07. The Morgan fingerprint density at radius 1 is 1.24 bits per heavy atom. The third kappa shape index (κ3) is 3.84. The summed E-state index contributed by atoms with van der Waals surface area (Å²) in [5.41, 5.74) is 0.642. The zero-order valence-corrected chi connectivity index (χ0v) is 19.7. The Bertz CT molecular complexity index is 1370. The van der Waals surface area contributed by atoms with Crippen LogP contribution < -0.4 is 14.9 Å². The van der Waals surface area contributed by atoms with Crippen LogP contribution in [0, 0.1) is 0 Å². The van der Waals surface area contributed by atoms with Crippen LogP contribution in [0.15, 0.2) is 39.3 Å². The van der Waals surface area contributed by atoms with Crippen molar-refractivity contribution in [3.63, 3.8) is 0 Å². The summed E-state index contributed by atoms with van der Waals surface area (Å²) in [5, 5.41) is 41.7. The van der Waals surface area contributed by atoms with Crippen LogP contribution in [-0.2, 0) is 12.8 Å². The highest BCUT2D eigenvalue weighted by atomic mass is 16.5. The average molecular weight is 469 g/mol. The molecule has 0 spiro atoms. The molecule has 0 unspecified atom stereocenters. The van der Waals surface area contributed by atoms with E-state index in [9.17, 15) is 25.2 Å². The number of rotatable bonds is 5. The number of ether oxygens (including phenoxy) is 2. The number of phenolic OH excluding ortho intramolecular Hbond substituents is 3. The van der Waals surface area contributed by atoms with E-state index in [2.05, 4.69) is 0 Å². The molecule has 0 fully saturated rings. The number of hydrogen-bond donors (Lipinski definition) is 4. The van der Waals surface area contributed by atoms with Crippen molar-refractivity contribution in [1.29, 1.82) is 0 Å². The van der Waals surface area contributed by atoms with Crippen molar-refractivity contribution in [2.45, 2.75) is 52.2 Å². The zero-order valence-electron chi connectivity index (χ0n) is 19.7. The van der Waals surface area contributed by atoms with E-state index < -0.39 is 22.9 Å². The second-order valence-corrected chi connectivity index (χ2v) is 9.31. The molecule has 1 aliphatic heterocycles. The van der Waals surface area contributed by atoms with Gasteiger partial charge in [0.2, 0.25) is 5.43 Å². The van der Waals surface area contributed by atoms with Gasteiger partial charge in [-0.1, -0.05) is 11.6 Å². The number of hydrogen-bond acceptors (Lipinski definition) is 8. The van der Waals surface area contributed by atoms with Gasteiger partial charge in [0.25, 0.3) is 0 Å². The summed E-state index contributed by atoms with van der Waals surface area (Å²) in [5.74, 6) is -0.320. The highest BCUT2D eigenvalue weighted by Gasteiger charge is 2.40. The summed E-state index contributed by atoms with van der Waals surface area (Å²) in [4.78, 5) is 13.6. The van der Waals surface area contributed by atoms with Gasteiger partial charge in [-0.05, 0) is 34.1 Å². The molecule has 0 saturated heterocycles. The van der Waals surface area contributed by atoms with Crippen molar-refractivity contribution < 1.29 is 34.3 Å². The van der Waals surface area contributed by atoms with E-state index in [1.54, 1.807) is 13.8 Å². The Hall–Kier alpha value is -3.65. The van der Waals surface area contributed by atoms with Crippen molar-refractivity contribution in [2.24, 2.45) is 0 Å². The Morgan fingerprint density at radius 3 is 2.56 bits per heavy atom. The molecule has 0 aliphatic carbocycles. The van der Waals surface area contributed by atoms with Gasteiger partial charge in [0.15, 0.2) is 11.5 Å². The fourth-order valence-electron chi connectivity index (χ4n) is 4.27. The maximum Gasteiger partial charge on any atom is 0.204 e. The Balaban J connectivity index is 2.10. The maximum atomic E-state index is 13.6. The Kier molecular flexibility index (Phi) is 5.73. The lowest BCUT2D eigenvalue weighted by atomic mass is 9.90. The topological polar surface area (TPSA) is 130 Å². The molecule has 8 heteroatoms. The molecule has 0 radical (unpaired) electrons. The molecular formula is C26H28O8. The Morgan fingerprint density at radius 2 is 1.94 bits per heavy atom. The first-order valence-corrected chi connectivity index (χ1v) is 10.9. The quantitative estimate of drug-likeness (QED) is 0.411. The van der Waals surface area contributed by atoms with E-state index in [0.29, 0.717) is 23.1 Å². The number of methoxy groups -OCH3 is 1. The molecule has 2 heterocycles. The van der Waals surface area contributed by atoms with Gasteiger partial charge in [-0.3, -0.25) is 4.79 Å². The smallest absolute Gasteiger partial charge is 0.204 e. The molecular weight excluding hydrogens is 440 g/mol. The average Bonchev–Trinajstić information content (AvgIpc) is 3.19. The molecule has 4 N–H and O–H groups in total. The maximum absolute atomic E-state index is 13.6. The largest absolute Gasteiger partial charge is 0.508 e. The summed E-state index contributed by atoms with van der Waals surface area (Å²) in [6.07, 6.45) is 3.01. The van der Waals surface area contributed by atoms with Crippen LogP contribution in [0.1, 0.15) is 38.8 Å². The number of benzene rings is 2. The van der Waals surface area contributed by atoms with Gasteiger partial charge in [-0.25, -0.2) is 0 Å². The highest BCUT2D eigenvalue weighted by molar-refractivity contribution is 5.91. The first-order valence-electron chi connectivity index (χ1n) is 10.9. The van der Waals surface area contributed by atoms with Gasteiger partial charge < -0.3 is 34.3 Å². The molecule has 8 nitrogen and oxygen atoms in total. The highest BCUT2D eigenvalue weighted by Crippen LogP contribution is 2.52. The van der Waals surface area contributed by atoms with E-state index in [1.807, 2.05) is 19.9 Å². The van der Waals surface area contributed by atoms with E-state index in [-0.39, 0.29) is 46.0 Å². The van der Waals surface area contributed by atoms with Gasteiger partial charge in [-0.15, -0.1) is 0 Å². The normalized spacial score (nSPS) is 15.2. The lowest BCUT2D eigenvalue weighted by Crippen LogP contribution is -2.39. The summed E-state index contributed by atoms with van der Waals surface area (Å²) < 4.78 is 17.3. The third-order valence-corrected chi connectivity index (χ3v) is 6.04. The minimum Gasteiger partial charge on any atom is -0.508 e. The lowest BCUT2D eigenvalue weighted by molar-refractivity contribution is -0.0228. The van der Waals surface area contributed by atoms with Crippen LogP contribution in [0.3, 0.4) is 0 Å². The first-order chi connectivity index (χ1) is 15.9. The minimum atomic E-state index is -1.22. The first kappa shape index (κ1) is 23.5. The van der Waals surface area contributed by atoms with Gasteiger partial charge in [0, 0.05) is 35.2 Å². The monoisotopic (exact) mass is 468 g/mol. The number of aliphatic hydroxyl groups is 1. The summed E-state index contributed by atoms with van der Waals surface area (Å²) in [6, 6.07) is 2.31. The molecule has 0 amide bonds. The second-order valence-electron chi connectivity index (χ2n) is 9.31. The number of phenols is 3. The summed E-state index contributed by atoms with van der Waals surface area (Å²) >= 11 is 0. The minimum absolute atomic E-state index is 0.0229. The predicted octanol–water partition coefficient (Wildman–Crippen LogP) is 4.17. The molecule has 3 aromatic rings.